The van der Waals surface area contributed by atoms with E-state index in [1.807, 2.05) is 13.8 Å². The summed E-state index contributed by atoms with van der Waals surface area (Å²) in [4.78, 5) is 8.47. The Kier molecular flexibility index (Phi) is 6.56. The quantitative estimate of drug-likeness (QED) is 0.757. The van der Waals surface area contributed by atoms with Crippen LogP contribution in [-0.2, 0) is 0 Å². The zero-order chi connectivity index (χ0) is 14.3. The van der Waals surface area contributed by atoms with Gasteiger partial charge in [-0.2, -0.15) is 4.98 Å². The minimum atomic E-state index is -0.360. The van der Waals surface area contributed by atoms with Crippen LogP contribution in [0.3, 0.4) is 0 Å². The second-order valence-electron chi connectivity index (χ2n) is 4.60. The zero-order valence-electron chi connectivity index (χ0n) is 12.3. The summed E-state index contributed by atoms with van der Waals surface area (Å²) in [5.41, 5.74) is 0. The van der Waals surface area contributed by atoms with E-state index in [-0.39, 0.29) is 6.10 Å². The van der Waals surface area contributed by atoms with Gasteiger partial charge >= 0.3 is 0 Å². The predicted octanol–water partition coefficient (Wildman–Crippen LogP) is 2.39. The summed E-state index contributed by atoms with van der Waals surface area (Å²) in [6.07, 6.45) is 1.60. The summed E-state index contributed by atoms with van der Waals surface area (Å²) in [5, 5.41) is 13.2. The van der Waals surface area contributed by atoms with E-state index in [0.717, 1.165) is 12.8 Å². The van der Waals surface area contributed by atoms with Gasteiger partial charge in [0.05, 0.1) is 12.7 Å². The highest BCUT2D eigenvalue weighted by molar-refractivity contribution is 5.38. The lowest BCUT2D eigenvalue weighted by Crippen LogP contribution is -2.28. The van der Waals surface area contributed by atoms with Crippen molar-refractivity contribution >= 4 is 5.82 Å². The molecule has 0 radical (unpaired) electrons. The molecule has 5 nitrogen and oxygen atoms in total. The smallest absolute Gasteiger partial charge is 0.218 e. The van der Waals surface area contributed by atoms with Crippen LogP contribution in [0.5, 0.6) is 5.88 Å². The molecule has 1 heterocycles. The Bertz CT molecular complexity index is 381. The lowest BCUT2D eigenvalue weighted by Gasteiger charge is -2.20. The molecule has 108 valence electrons. The second-order valence-corrected chi connectivity index (χ2v) is 4.60. The van der Waals surface area contributed by atoms with E-state index in [2.05, 4.69) is 29.1 Å². The number of anilines is 1. The number of aromatic nitrogens is 2. The molecule has 0 aliphatic rings. The molecule has 0 amide bonds. The van der Waals surface area contributed by atoms with Crippen molar-refractivity contribution in [1.29, 1.82) is 0 Å². The van der Waals surface area contributed by atoms with E-state index in [4.69, 9.17) is 4.74 Å². The van der Waals surface area contributed by atoms with E-state index < -0.39 is 0 Å². The van der Waals surface area contributed by atoms with E-state index in [1.165, 1.54) is 0 Å². The first kappa shape index (κ1) is 15.7. The first-order chi connectivity index (χ1) is 9.10. The number of aliphatic hydroxyl groups excluding tert-OH is 1. The summed E-state index contributed by atoms with van der Waals surface area (Å²) in [5.74, 6) is 2.24. The molecule has 0 saturated carbocycles. The fourth-order valence-corrected chi connectivity index (χ4v) is 2.06. The standard InChI is InChI=1S/C14H25N3O2/c1-5-11(6-2)12(18)9-15-13-8-14(19-7-3)17-10(4)16-13/h8,11-12,18H,5-7,9H2,1-4H3,(H,15,16,17). The molecule has 2 N–H and O–H groups in total. The van der Waals surface area contributed by atoms with Gasteiger partial charge in [0.15, 0.2) is 0 Å². The van der Waals surface area contributed by atoms with Gasteiger partial charge < -0.3 is 15.2 Å². The van der Waals surface area contributed by atoms with Crippen LogP contribution in [-0.4, -0.2) is 34.3 Å². The summed E-state index contributed by atoms with van der Waals surface area (Å²) in [6, 6.07) is 1.76. The highest BCUT2D eigenvalue weighted by atomic mass is 16.5. The molecule has 19 heavy (non-hydrogen) atoms. The monoisotopic (exact) mass is 267 g/mol. The van der Waals surface area contributed by atoms with Gasteiger partial charge in [-0.15, -0.1) is 0 Å². The van der Waals surface area contributed by atoms with Crippen molar-refractivity contribution in [3.8, 4) is 5.88 Å². The van der Waals surface area contributed by atoms with Gasteiger partial charge in [-0.25, -0.2) is 4.98 Å². The van der Waals surface area contributed by atoms with Gasteiger partial charge in [-0.1, -0.05) is 26.7 Å². The second kappa shape index (κ2) is 7.94. The maximum atomic E-state index is 10.1. The number of hydrogen-bond acceptors (Lipinski definition) is 5. The highest BCUT2D eigenvalue weighted by Crippen LogP contribution is 2.16. The van der Waals surface area contributed by atoms with Crippen LogP contribution in [0.25, 0.3) is 0 Å². The van der Waals surface area contributed by atoms with E-state index in [0.29, 0.717) is 36.6 Å². The fourth-order valence-electron chi connectivity index (χ4n) is 2.06. The Labute approximate surface area is 115 Å². The van der Waals surface area contributed by atoms with Gasteiger partial charge in [0, 0.05) is 12.6 Å². The van der Waals surface area contributed by atoms with Crippen molar-refractivity contribution in [3.05, 3.63) is 11.9 Å². The molecule has 0 bridgehead atoms. The maximum absolute atomic E-state index is 10.1. The number of ether oxygens (including phenoxy) is 1. The molecule has 1 aromatic rings. The molecule has 0 aromatic carbocycles. The molecule has 5 heteroatoms. The molecule has 0 aliphatic carbocycles. The van der Waals surface area contributed by atoms with Gasteiger partial charge in [-0.3, -0.25) is 0 Å². The normalized spacial score (nSPS) is 12.5. The average molecular weight is 267 g/mol. The summed E-state index contributed by atoms with van der Waals surface area (Å²) in [6.45, 7) is 9.01. The van der Waals surface area contributed by atoms with Gasteiger partial charge in [0.2, 0.25) is 5.88 Å². The summed E-state index contributed by atoms with van der Waals surface area (Å²) < 4.78 is 5.37. The molecule has 0 aliphatic heterocycles. The van der Waals surface area contributed by atoms with Crippen molar-refractivity contribution < 1.29 is 9.84 Å². The van der Waals surface area contributed by atoms with Crippen molar-refractivity contribution in [3.63, 3.8) is 0 Å². The number of aliphatic hydroxyl groups is 1. The summed E-state index contributed by atoms with van der Waals surface area (Å²) >= 11 is 0. The maximum Gasteiger partial charge on any atom is 0.218 e. The van der Waals surface area contributed by atoms with Crippen LogP contribution in [0, 0.1) is 12.8 Å². The van der Waals surface area contributed by atoms with Crippen molar-refractivity contribution in [1.82, 2.24) is 9.97 Å². The van der Waals surface area contributed by atoms with Crippen LogP contribution in [0.4, 0.5) is 5.82 Å². The third kappa shape index (κ3) is 5.03. The fraction of sp³-hybridized carbons (Fsp3) is 0.714. The largest absolute Gasteiger partial charge is 0.478 e. The third-order valence-electron chi connectivity index (χ3n) is 3.19. The van der Waals surface area contributed by atoms with Crippen molar-refractivity contribution in [2.24, 2.45) is 5.92 Å². The van der Waals surface area contributed by atoms with Crippen LogP contribution in [0.1, 0.15) is 39.4 Å². The van der Waals surface area contributed by atoms with E-state index in [1.54, 1.807) is 6.07 Å². The third-order valence-corrected chi connectivity index (χ3v) is 3.19. The lowest BCUT2D eigenvalue weighted by atomic mass is 9.97. The molecule has 0 spiro atoms. The number of rotatable bonds is 8. The van der Waals surface area contributed by atoms with Crippen molar-refractivity contribution in [2.75, 3.05) is 18.5 Å². The molecular weight excluding hydrogens is 242 g/mol. The van der Waals surface area contributed by atoms with Gasteiger partial charge in [0.1, 0.15) is 11.6 Å². The Morgan fingerprint density at radius 2 is 1.95 bits per heavy atom. The zero-order valence-corrected chi connectivity index (χ0v) is 12.3. The Morgan fingerprint density at radius 3 is 2.53 bits per heavy atom. The molecule has 1 atom stereocenters. The van der Waals surface area contributed by atoms with Crippen LogP contribution in [0.15, 0.2) is 6.07 Å². The first-order valence-corrected chi connectivity index (χ1v) is 7.01. The molecule has 1 unspecified atom stereocenters. The number of nitrogens with one attached hydrogen (secondary N) is 1. The predicted molar refractivity (Wildman–Crippen MR) is 76.5 cm³/mol. The topological polar surface area (TPSA) is 67.3 Å². The Hall–Kier alpha value is -1.36. The molecule has 0 saturated heterocycles. The lowest BCUT2D eigenvalue weighted by molar-refractivity contribution is 0.114. The van der Waals surface area contributed by atoms with Gasteiger partial charge in [0.25, 0.3) is 0 Å². The Balaban J connectivity index is 2.61. The van der Waals surface area contributed by atoms with E-state index >= 15 is 0 Å². The van der Waals surface area contributed by atoms with Crippen molar-refractivity contribution in [2.45, 2.75) is 46.6 Å². The SMILES string of the molecule is CCOc1cc(NCC(O)C(CC)CC)nc(C)n1. The number of aryl methyl sites for hydroxylation is 1. The number of hydrogen-bond donors (Lipinski definition) is 2. The first-order valence-electron chi connectivity index (χ1n) is 7.01. The molecule has 0 fully saturated rings. The van der Waals surface area contributed by atoms with E-state index in [9.17, 15) is 5.11 Å². The Morgan fingerprint density at radius 1 is 1.26 bits per heavy atom. The highest BCUT2D eigenvalue weighted by Gasteiger charge is 2.15. The van der Waals surface area contributed by atoms with Crippen LogP contribution in [0.2, 0.25) is 0 Å². The summed E-state index contributed by atoms with van der Waals surface area (Å²) in [7, 11) is 0. The molecular formula is C14H25N3O2. The minimum Gasteiger partial charge on any atom is -0.478 e. The van der Waals surface area contributed by atoms with Gasteiger partial charge in [-0.05, 0) is 19.8 Å². The molecule has 1 aromatic heterocycles. The van der Waals surface area contributed by atoms with Crippen LogP contribution < -0.4 is 10.1 Å². The molecule has 1 rings (SSSR count). The average Bonchev–Trinajstić information content (AvgIpc) is 2.37. The van der Waals surface area contributed by atoms with Crippen LogP contribution >= 0.6 is 0 Å². The minimum absolute atomic E-state index is 0.321. The number of nitrogens with zero attached hydrogens (tertiary/aromatic N) is 2.